The number of likely N-dealkylation sites (tertiary alicyclic amines) is 1. The number of hydrogen-bond acceptors (Lipinski definition) is 4. The molecule has 1 fully saturated rings. The maximum absolute atomic E-state index is 13.2. The van der Waals surface area contributed by atoms with E-state index in [0.717, 1.165) is 11.1 Å². The van der Waals surface area contributed by atoms with Crippen LogP contribution in [0.4, 0.5) is 8.78 Å². The van der Waals surface area contributed by atoms with Crippen molar-refractivity contribution in [1.82, 2.24) is 4.90 Å². The lowest BCUT2D eigenvalue weighted by Gasteiger charge is -2.32. The van der Waals surface area contributed by atoms with Crippen molar-refractivity contribution in [2.75, 3.05) is 13.1 Å². The Morgan fingerprint density at radius 1 is 0.971 bits per heavy atom. The molecule has 4 rings (SSSR count). The number of halogens is 4. The smallest absolute Gasteiger partial charge is 0.387 e. The Kier molecular flexibility index (Phi) is 7.77. The first-order valence-electron chi connectivity index (χ1n) is 10.8. The van der Waals surface area contributed by atoms with Gasteiger partial charge in [-0.2, -0.15) is 8.78 Å². The van der Waals surface area contributed by atoms with Gasteiger partial charge in [0.25, 0.3) is 0 Å². The van der Waals surface area contributed by atoms with Crippen LogP contribution in [0.25, 0.3) is 11.1 Å². The molecule has 0 aromatic heterocycles. The van der Waals surface area contributed by atoms with E-state index in [2.05, 4.69) is 9.64 Å². The summed E-state index contributed by atoms with van der Waals surface area (Å²) in [5.41, 5.74) is 2.24. The van der Waals surface area contributed by atoms with Crippen LogP contribution in [-0.2, 0) is 16.4 Å². The number of para-hydroxylation sites is 1. The molecule has 0 amide bonds. The zero-order valence-corrected chi connectivity index (χ0v) is 20.5. The van der Waals surface area contributed by atoms with Gasteiger partial charge in [-0.05, 0) is 61.8 Å². The van der Waals surface area contributed by atoms with Gasteiger partial charge in [0.2, 0.25) is 0 Å². The summed E-state index contributed by atoms with van der Waals surface area (Å²) in [5.74, 6) is 0.146. The van der Waals surface area contributed by atoms with Crippen molar-refractivity contribution < 1.29 is 21.9 Å². The fourth-order valence-electron chi connectivity index (χ4n) is 4.20. The van der Waals surface area contributed by atoms with E-state index in [0.29, 0.717) is 48.1 Å². The van der Waals surface area contributed by atoms with Crippen molar-refractivity contribution in [1.29, 1.82) is 0 Å². The van der Waals surface area contributed by atoms with Crippen molar-refractivity contribution in [2.45, 2.75) is 36.1 Å². The number of ether oxygens (including phenoxy) is 1. The highest BCUT2D eigenvalue weighted by atomic mass is 35.5. The summed E-state index contributed by atoms with van der Waals surface area (Å²) in [6, 6.07) is 18.6. The first-order chi connectivity index (χ1) is 16.2. The van der Waals surface area contributed by atoms with Crippen LogP contribution >= 0.6 is 23.2 Å². The molecular formula is C25H23Cl2F2NO3S. The molecule has 0 aliphatic carbocycles. The number of sulfone groups is 1. The Balaban J connectivity index is 1.41. The summed E-state index contributed by atoms with van der Waals surface area (Å²) in [4.78, 5) is 2.33. The lowest BCUT2D eigenvalue weighted by atomic mass is 10.1. The number of benzene rings is 3. The second kappa shape index (κ2) is 10.6. The van der Waals surface area contributed by atoms with Crippen molar-refractivity contribution in [2.24, 2.45) is 0 Å². The van der Waals surface area contributed by atoms with E-state index >= 15 is 0 Å². The summed E-state index contributed by atoms with van der Waals surface area (Å²) >= 11 is 12.2. The Labute approximate surface area is 208 Å². The molecule has 34 heavy (non-hydrogen) atoms. The number of hydrogen-bond donors (Lipinski definition) is 0. The zero-order chi connectivity index (χ0) is 24.3. The second-order valence-corrected chi connectivity index (χ2v) is 11.2. The third kappa shape index (κ3) is 5.71. The van der Waals surface area contributed by atoms with Crippen molar-refractivity contribution in [3.8, 4) is 16.9 Å². The van der Waals surface area contributed by atoms with E-state index in [1.165, 1.54) is 6.07 Å². The molecule has 1 aliphatic rings. The van der Waals surface area contributed by atoms with E-state index < -0.39 is 21.7 Å². The van der Waals surface area contributed by atoms with Crippen molar-refractivity contribution >= 4 is 33.0 Å². The molecule has 3 aromatic carbocycles. The van der Waals surface area contributed by atoms with Crippen LogP contribution in [0.5, 0.6) is 5.75 Å². The standard InChI is InChI=1S/C25H23Cl2F2NO3S/c26-19-7-10-22(23(27)15-19)17-5-8-20(9-6-17)34(31,32)21-11-13-30(14-12-21)16-18-3-1-2-4-24(18)33-25(28)29/h1-10,15,21,25H,11-14,16H2. The summed E-state index contributed by atoms with van der Waals surface area (Å²) in [6.45, 7) is -1.37. The molecule has 0 N–H and O–H groups in total. The van der Waals surface area contributed by atoms with Crippen LogP contribution in [0.1, 0.15) is 18.4 Å². The predicted molar refractivity (Wildman–Crippen MR) is 130 cm³/mol. The van der Waals surface area contributed by atoms with Gasteiger partial charge < -0.3 is 4.74 Å². The normalized spacial score (nSPS) is 15.6. The van der Waals surface area contributed by atoms with E-state index in [1.54, 1.807) is 60.7 Å². The van der Waals surface area contributed by atoms with Crippen LogP contribution < -0.4 is 4.74 Å². The van der Waals surface area contributed by atoms with Crippen LogP contribution in [0.2, 0.25) is 10.0 Å². The quantitative estimate of drug-likeness (QED) is 0.344. The fraction of sp³-hybridized carbons (Fsp3) is 0.280. The maximum Gasteiger partial charge on any atom is 0.387 e. The third-order valence-corrected chi connectivity index (χ3v) is 8.81. The van der Waals surface area contributed by atoms with E-state index in [4.69, 9.17) is 23.2 Å². The molecule has 1 aliphatic heterocycles. The summed E-state index contributed by atoms with van der Waals surface area (Å²) < 4.78 is 56.4. The molecular weight excluding hydrogens is 503 g/mol. The molecule has 0 spiro atoms. The summed E-state index contributed by atoms with van der Waals surface area (Å²) in [7, 11) is -3.50. The molecule has 0 atom stereocenters. The monoisotopic (exact) mass is 525 g/mol. The molecule has 0 unspecified atom stereocenters. The van der Waals surface area contributed by atoms with Gasteiger partial charge in [-0.1, -0.05) is 59.6 Å². The predicted octanol–water partition coefficient (Wildman–Crippen LogP) is 6.70. The number of alkyl halides is 2. The van der Waals surface area contributed by atoms with Gasteiger partial charge >= 0.3 is 6.61 Å². The molecule has 1 saturated heterocycles. The first-order valence-corrected chi connectivity index (χ1v) is 13.1. The highest BCUT2D eigenvalue weighted by Crippen LogP contribution is 2.32. The maximum atomic E-state index is 13.2. The number of nitrogens with zero attached hydrogens (tertiary/aromatic N) is 1. The largest absolute Gasteiger partial charge is 0.434 e. The SMILES string of the molecule is O=S(=O)(c1ccc(-c2ccc(Cl)cc2Cl)cc1)C1CCN(Cc2ccccc2OC(F)F)CC1. The van der Waals surface area contributed by atoms with Gasteiger partial charge in [-0.3, -0.25) is 4.90 Å². The average Bonchev–Trinajstić information content (AvgIpc) is 2.80. The third-order valence-electron chi connectivity index (χ3n) is 5.98. The molecule has 0 saturated carbocycles. The summed E-state index contributed by atoms with van der Waals surface area (Å²) in [6.07, 6.45) is 0.927. The lowest BCUT2D eigenvalue weighted by Crippen LogP contribution is -2.39. The number of piperidine rings is 1. The van der Waals surface area contributed by atoms with E-state index in [9.17, 15) is 17.2 Å². The molecule has 1 heterocycles. The number of rotatable bonds is 7. The highest BCUT2D eigenvalue weighted by molar-refractivity contribution is 7.92. The van der Waals surface area contributed by atoms with Gasteiger partial charge in [0, 0.05) is 27.7 Å². The fourth-order valence-corrected chi connectivity index (χ4v) is 6.45. The van der Waals surface area contributed by atoms with Crippen LogP contribution in [-0.4, -0.2) is 38.3 Å². The average molecular weight is 526 g/mol. The van der Waals surface area contributed by atoms with Gasteiger partial charge in [0.1, 0.15) is 5.75 Å². The molecule has 180 valence electrons. The lowest BCUT2D eigenvalue weighted by molar-refractivity contribution is -0.0508. The molecule has 4 nitrogen and oxygen atoms in total. The molecule has 0 bridgehead atoms. The van der Waals surface area contributed by atoms with Gasteiger partial charge in [-0.15, -0.1) is 0 Å². The Hall–Kier alpha value is -2.19. The first kappa shape index (κ1) is 24.9. The van der Waals surface area contributed by atoms with Crippen molar-refractivity contribution in [3.05, 3.63) is 82.3 Å². The van der Waals surface area contributed by atoms with Gasteiger partial charge in [0.05, 0.1) is 10.1 Å². The van der Waals surface area contributed by atoms with Crippen LogP contribution in [0.3, 0.4) is 0 Å². The molecule has 3 aromatic rings. The topological polar surface area (TPSA) is 46.6 Å². The Bertz CT molecular complexity index is 1250. The minimum Gasteiger partial charge on any atom is -0.434 e. The van der Waals surface area contributed by atoms with Gasteiger partial charge in [-0.25, -0.2) is 8.42 Å². The van der Waals surface area contributed by atoms with E-state index in [1.807, 2.05) is 0 Å². The van der Waals surface area contributed by atoms with E-state index in [-0.39, 0.29) is 10.6 Å². The van der Waals surface area contributed by atoms with Crippen molar-refractivity contribution in [3.63, 3.8) is 0 Å². The second-order valence-electron chi connectivity index (χ2n) is 8.16. The molecule has 0 radical (unpaired) electrons. The Morgan fingerprint density at radius 3 is 2.29 bits per heavy atom. The minimum absolute atomic E-state index is 0.146. The summed E-state index contributed by atoms with van der Waals surface area (Å²) in [5, 5.41) is 0.529. The Morgan fingerprint density at radius 2 is 1.65 bits per heavy atom. The van der Waals surface area contributed by atoms with Crippen LogP contribution in [0.15, 0.2) is 71.6 Å². The molecule has 9 heteroatoms. The zero-order valence-electron chi connectivity index (χ0n) is 18.1. The minimum atomic E-state index is -3.50. The highest BCUT2D eigenvalue weighted by Gasteiger charge is 2.31. The van der Waals surface area contributed by atoms with Gasteiger partial charge in [0.15, 0.2) is 9.84 Å². The van der Waals surface area contributed by atoms with Crippen LogP contribution in [0, 0.1) is 0 Å².